The van der Waals surface area contributed by atoms with Crippen LogP contribution in [0.1, 0.15) is 21.7 Å². The first-order chi connectivity index (χ1) is 11.3. The molecule has 0 bridgehead atoms. The van der Waals surface area contributed by atoms with Crippen molar-refractivity contribution >= 4 is 22.9 Å². The van der Waals surface area contributed by atoms with Gasteiger partial charge < -0.3 is 14.1 Å². The number of aromatic nitrogens is 2. The molecule has 2 aromatic heterocycles. The molecule has 0 fully saturated rings. The maximum Gasteiger partial charge on any atom is 0.341 e. The lowest BCUT2D eigenvalue weighted by molar-refractivity contribution is 0.0600. The van der Waals surface area contributed by atoms with E-state index in [4.69, 9.17) is 4.42 Å². The number of ether oxygens (including phenoxy) is 1. The molecule has 1 aliphatic heterocycles. The third-order valence-corrected chi connectivity index (χ3v) is 4.09. The van der Waals surface area contributed by atoms with Gasteiger partial charge in [-0.3, -0.25) is 0 Å². The molecule has 6 nitrogen and oxygen atoms in total. The summed E-state index contributed by atoms with van der Waals surface area (Å²) in [5.41, 5.74) is 2.53. The van der Waals surface area contributed by atoms with Crippen molar-refractivity contribution in [3.05, 3.63) is 53.5 Å². The Bertz CT molecular complexity index is 870. The number of benzene rings is 1. The Kier molecular flexibility index (Phi) is 3.22. The molecule has 0 radical (unpaired) electrons. The molecule has 0 N–H and O–H groups in total. The van der Waals surface area contributed by atoms with E-state index in [-0.39, 0.29) is 0 Å². The van der Waals surface area contributed by atoms with E-state index in [0.29, 0.717) is 18.1 Å². The van der Waals surface area contributed by atoms with Crippen molar-refractivity contribution in [1.29, 1.82) is 0 Å². The van der Waals surface area contributed by atoms with Gasteiger partial charge in [0.2, 0.25) is 5.95 Å². The SMILES string of the molecule is COC(=O)c1cnc(N2CCc3c(oc4ccccc34)C2)nc1. The number of carbonyl (C=O) groups is 1. The molecule has 3 aromatic rings. The molecule has 0 aliphatic carbocycles. The van der Waals surface area contributed by atoms with E-state index in [1.165, 1.54) is 30.5 Å². The van der Waals surface area contributed by atoms with Gasteiger partial charge in [0.15, 0.2) is 0 Å². The van der Waals surface area contributed by atoms with Crippen LogP contribution in [-0.2, 0) is 17.7 Å². The van der Waals surface area contributed by atoms with Crippen molar-refractivity contribution in [2.75, 3.05) is 18.6 Å². The first kappa shape index (κ1) is 13.8. The number of methoxy groups -OCH3 is 1. The number of rotatable bonds is 2. The Morgan fingerprint density at radius 2 is 2.04 bits per heavy atom. The zero-order chi connectivity index (χ0) is 15.8. The summed E-state index contributed by atoms with van der Waals surface area (Å²) in [6.07, 6.45) is 3.86. The van der Waals surface area contributed by atoms with E-state index >= 15 is 0 Å². The largest absolute Gasteiger partial charge is 0.465 e. The molecule has 116 valence electrons. The van der Waals surface area contributed by atoms with Crippen LogP contribution in [0.3, 0.4) is 0 Å². The molecule has 1 aliphatic rings. The number of carbonyl (C=O) groups excluding carboxylic acids is 1. The number of furan rings is 1. The Balaban J connectivity index is 1.61. The van der Waals surface area contributed by atoms with Crippen LogP contribution < -0.4 is 4.90 Å². The number of para-hydroxylation sites is 1. The molecule has 0 spiro atoms. The minimum atomic E-state index is -0.435. The van der Waals surface area contributed by atoms with Crippen LogP contribution >= 0.6 is 0 Å². The molecule has 0 saturated heterocycles. The maximum absolute atomic E-state index is 11.4. The maximum atomic E-state index is 11.4. The smallest absolute Gasteiger partial charge is 0.341 e. The quantitative estimate of drug-likeness (QED) is 0.678. The third-order valence-electron chi connectivity index (χ3n) is 4.09. The average Bonchev–Trinajstić information content (AvgIpc) is 2.99. The molecule has 3 heterocycles. The first-order valence-electron chi connectivity index (χ1n) is 7.41. The normalized spacial score (nSPS) is 13.9. The van der Waals surface area contributed by atoms with E-state index in [1.54, 1.807) is 0 Å². The van der Waals surface area contributed by atoms with Gasteiger partial charge in [-0.25, -0.2) is 14.8 Å². The van der Waals surface area contributed by atoms with E-state index in [9.17, 15) is 4.79 Å². The van der Waals surface area contributed by atoms with Gasteiger partial charge in [-0.05, 0) is 12.5 Å². The van der Waals surface area contributed by atoms with Gasteiger partial charge in [0.1, 0.15) is 11.3 Å². The second kappa shape index (κ2) is 5.39. The van der Waals surface area contributed by atoms with Gasteiger partial charge in [0.05, 0.1) is 19.2 Å². The van der Waals surface area contributed by atoms with E-state index < -0.39 is 5.97 Å². The molecule has 1 aromatic carbocycles. The highest BCUT2D eigenvalue weighted by atomic mass is 16.5. The van der Waals surface area contributed by atoms with Crippen LogP contribution in [0.2, 0.25) is 0 Å². The molecule has 4 rings (SSSR count). The Morgan fingerprint density at radius 1 is 1.26 bits per heavy atom. The van der Waals surface area contributed by atoms with Gasteiger partial charge in [0, 0.05) is 29.9 Å². The Labute approximate surface area is 132 Å². The second-order valence-electron chi connectivity index (χ2n) is 5.43. The summed E-state index contributed by atoms with van der Waals surface area (Å²) in [5.74, 6) is 1.11. The topological polar surface area (TPSA) is 68.5 Å². The molecular formula is C17H15N3O3. The number of nitrogens with zero attached hydrogens (tertiary/aromatic N) is 3. The number of hydrogen-bond donors (Lipinski definition) is 0. The van der Waals surface area contributed by atoms with Gasteiger partial charge in [-0.15, -0.1) is 0 Å². The fourth-order valence-electron chi connectivity index (χ4n) is 2.93. The zero-order valence-corrected chi connectivity index (χ0v) is 12.7. The second-order valence-corrected chi connectivity index (χ2v) is 5.43. The highest BCUT2D eigenvalue weighted by Gasteiger charge is 2.24. The van der Waals surface area contributed by atoms with E-state index in [2.05, 4.69) is 20.8 Å². The van der Waals surface area contributed by atoms with Crippen molar-refractivity contribution in [3.63, 3.8) is 0 Å². The van der Waals surface area contributed by atoms with Crippen molar-refractivity contribution in [2.24, 2.45) is 0 Å². The highest BCUT2D eigenvalue weighted by Crippen LogP contribution is 2.31. The fraction of sp³-hybridized carbons (Fsp3) is 0.235. The van der Waals surface area contributed by atoms with Gasteiger partial charge in [0.25, 0.3) is 0 Å². The van der Waals surface area contributed by atoms with Crippen molar-refractivity contribution in [3.8, 4) is 0 Å². The van der Waals surface area contributed by atoms with Crippen LogP contribution in [0.15, 0.2) is 41.1 Å². The zero-order valence-electron chi connectivity index (χ0n) is 12.7. The summed E-state index contributed by atoms with van der Waals surface area (Å²) >= 11 is 0. The van der Waals surface area contributed by atoms with E-state index in [1.807, 2.05) is 23.1 Å². The third kappa shape index (κ3) is 2.32. The molecule has 0 atom stereocenters. The average molecular weight is 309 g/mol. The summed E-state index contributed by atoms with van der Waals surface area (Å²) < 4.78 is 10.6. The lowest BCUT2D eigenvalue weighted by Crippen LogP contribution is -2.31. The molecule has 0 saturated carbocycles. The minimum Gasteiger partial charge on any atom is -0.465 e. The summed E-state index contributed by atoms with van der Waals surface area (Å²) in [4.78, 5) is 22.0. The predicted octanol–water partition coefficient (Wildman–Crippen LogP) is 2.57. The predicted molar refractivity (Wildman–Crippen MR) is 84.3 cm³/mol. The summed E-state index contributed by atoms with van der Waals surface area (Å²) in [5, 5.41) is 1.18. The Hall–Kier alpha value is -2.89. The minimum absolute atomic E-state index is 0.345. The lowest BCUT2D eigenvalue weighted by atomic mass is 10.0. The fourth-order valence-corrected chi connectivity index (χ4v) is 2.93. The van der Waals surface area contributed by atoms with Gasteiger partial charge >= 0.3 is 5.97 Å². The van der Waals surface area contributed by atoms with Crippen LogP contribution in [0.5, 0.6) is 0 Å². The Morgan fingerprint density at radius 3 is 2.83 bits per heavy atom. The number of esters is 1. The number of hydrogen-bond acceptors (Lipinski definition) is 6. The van der Waals surface area contributed by atoms with Crippen molar-refractivity contribution in [2.45, 2.75) is 13.0 Å². The number of fused-ring (bicyclic) bond motifs is 3. The summed E-state index contributed by atoms with van der Waals surface area (Å²) in [6, 6.07) is 8.08. The van der Waals surface area contributed by atoms with Crippen molar-refractivity contribution < 1.29 is 13.9 Å². The molecule has 6 heteroatoms. The van der Waals surface area contributed by atoms with Crippen molar-refractivity contribution in [1.82, 2.24) is 9.97 Å². The summed E-state index contributed by atoms with van der Waals surface area (Å²) in [7, 11) is 1.34. The molecule has 0 amide bonds. The molecule has 0 unspecified atom stereocenters. The highest BCUT2D eigenvalue weighted by molar-refractivity contribution is 5.88. The van der Waals surface area contributed by atoms with Crippen LogP contribution in [0, 0.1) is 0 Å². The van der Waals surface area contributed by atoms with Gasteiger partial charge in [-0.1, -0.05) is 18.2 Å². The molecule has 23 heavy (non-hydrogen) atoms. The number of anilines is 1. The monoisotopic (exact) mass is 309 g/mol. The standard InChI is InChI=1S/C17H15N3O3/c1-22-16(21)11-8-18-17(19-9-11)20-7-6-13-12-4-2-3-5-14(12)23-15(13)10-20/h2-5,8-9H,6-7,10H2,1H3. The first-order valence-corrected chi connectivity index (χ1v) is 7.41. The molecular weight excluding hydrogens is 294 g/mol. The van der Waals surface area contributed by atoms with E-state index in [0.717, 1.165) is 24.3 Å². The summed E-state index contributed by atoms with van der Waals surface area (Å²) in [6.45, 7) is 1.44. The lowest BCUT2D eigenvalue weighted by Gasteiger charge is -2.25. The van der Waals surface area contributed by atoms with Gasteiger partial charge in [-0.2, -0.15) is 0 Å². The van der Waals surface area contributed by atoms with Crippen LogP contribution in [0.25, 0.3) is 11.0 Å². The van der Waals surface area contributed by atoms with Crippen LogP contribution in [-0.4, -0.2) is 29.6 Å². The van der Waals surface area contributed by atoms with Crippen LogP contribution in [0.4, 0.5) is 5.95 Å².